The molecule has 0 aliphatic heterocycles. The maximum atomic E-state index is 13.1. The summed E-state index contributed by atoms with van der Waals surface area (Å²) >= 11 is 5.90. The largest absolute Gasteiger partial charge is 0.448 e. The van der Waals surface area contributed by atoms with E-state index in [1.165, 1.54) is 18.2 Å². The van der Waals surface area contributed by atoms with Crippen LogP contribution in [0.15, 0.2) is 36.4 Å². The van der Waals surface area contributed by atoms with Gasteiger partial charge in [-0.25, -0.2) is 4.79 Å². The first kappa shape index (κ1) is 28.2. The van der Waals surface area contributed by atoms with Gasteiger partial charge < -0.3 is 4.74 Å². The van der Waals surface area contributed by atoms with Crippen LogP contribution in [0.1, 0.15) is 31.1 Å². The summed E-state index contributed by atoms with van der Waals surface area (Å²) in [6, 6.07) is 7.90. The Hall–Kier alpha value is -1.06. The molecule has 1 atom stereocenters. The molecule has 15 heteroatoms. The number of carbonyl (C=O) groups is 3. The van der Waals surface area contributed by atoms with Crippen molar-refractivity contribution in [3.63, 3.8) is 0 Å². The first-order valence-electron chi connectivity index (χ1n) is 8.42. The third-order valence-electron chi connectivity index (χ3n) is 3.83. The SMILES string of the molecule is O=C(NC(=O)c1cc(I)cc(I)c1I)c1ccccc1C(=O)OC(CS(=O)(=O)O)C(F)(F)F. The number of hydrogen-bond donors (Lipinski definition) is 2. The fourth-order valence-corrected chi connectivity index (χ4v) is 5.44. The van der Waals surface area contributed by atoms with Gasteiger partial charge in [-0.05, 0) is 92.0 Å². The summed E-state index contributed by atoms with van der Waals surface area (Å²) in [5.41, 5.74) is -0.941. The molecule has 0 saturated heterocycles. The van der Waals surface area contributed by atoms with Gasteiger partial charge in [0.25, 0.3) is 21.9 Å². The number of ether oxygens (including phenoxy) is 1. The predicted molar refractivity (Wildman–Crippen MR) is 135 cm³/mol. The molecule has 8 nitrogen and oxygen atoms in total. The standard InChI is InChI=1S/C18H11F3I3NO7S/c19-18(20,21)13(7-33(29,30)31)32-17(28)10-4-2-1-3-9(10)15(26)25-16(27)11-5-8(22)6-12(23)14(11)24/h1-6,13H,7H2,(H,25,26,27)(H,29,30,31). The molecule has 1 unspecified atom stereocenters. The molecule has 0 spiro atoms. The van der Waals surface area contributed by atoms with Gasteiger partial charge in [-0.3, -0.25) is 19.5 Å². The molecule has 2 N–H and O–H groups in total. The highest BCUT2D eigenvalue weighted by molar-refractivity contribution is 14.1. The molecular formula is C18H11F3I3NO7S. The molecule has 2 aromatic carbocycles. The molecule has 2 aromatic rings. The summed E-state index contributed by atoms with van der Waals surface area (Å²) in [5, 5.41) is 2.07. The number of carbonyl (C=O) groups excluding carboxylic acids is 3. The number of esters is 1. The van der Waals surface area contributed by atoms with Crippen molar-refractivity contribution in [1.29, 1.82) is 0 Å². The topological polar surface area (TPSA) is 127 Å². The lowest BCUT2D eigenvalue weighted by atomic mass is 10.1. The Labute approximate surface area is 226 Å². The molecule has 0 aromatic heterocycles. The zero-order valence-electron chi connectivity index (χ0n) is 15.8. The maximum absolute atomic E-state index is 13.1. The van der Waals surface area contributed by atoms with E-state index in [-0.39, 0.29) is 5.56 Å². The van der Waals surface area contributed by atoms with Gasteiger partial charge >= 0.3 is 12.1 Å². The zero-order chi connectivity index (χ0) is 25.1. The van der Waals surface area contributed by atoms with Gasteiger partial charge in [-0.1, -0.05) is 12.1 Å². The minimum Gasteiger partial charge on any atom is -0.448 e. The Morgan fingerprint density at radius 1 is 1.00 bits per heavy atom. The van der Waals surface area contributed by atoms with Crippen molar-refractivity contribution in [1.82, 2.24) is 5.32 Å². The van der Waals surface area contributed by atoms with Crippen molar-refractivity contribution in [2.24, 2.45) is 0 Å². The molecule has 0 bridgehead atoms. The van der Waals surface area contributed by atoms with Crippen molar-refractivity contribution in [3.05, 3.63) is 63.8 Å². The second-order valence-electron chi connectivity index (χ2n) is 6.26. The van der Waals surface area contributed by atoms with E-state index in [4.69, 9.17) is 4.55 Å². The van der Waals surface area contributed by atoms with Crippen LogP contribution in [0.3, 0.4) is 0 Å². The molecule has 0 aliphatic carbocycles. The fraction of sp³-hybridized carbons (Fsp3) is 0.167. The van der Waals surface area contributed by atoms with Crippen molar-refractivity contribution >= 4 is 95.7 Å². The first-order valence-corrected chi connectivity index (χ1v) is 13.3. The molecule has 0 radical (unpaired) electrons. The lowest BCUT2D eigenvalue weighted by Gasteiger charge is -2.20. The van der Waals surface area contributed by atoms with Crippen molar-refractivity contribution in [2.45, 2.75) is 12.3 Å². The number of imide groups is 1. The minimum atomic E-state index is -5.31. The van der Waals surface area contributed by atoms with E-state index in [1.807, 2.05) is 67.8 Å². The van der Waals surface area contributed by atoms with Gasteiger partial charge in [0.15, 0.2) is 0 Å². The van der Waals surface area contributed by atoms with Crippen LogP contribution in [-0.2, 0) is 14.9 Å². The summed E-state index contributed by atoms with van der Waals surface area (Å²) < 4.78 is 75.9. The Morgan fingerprint density at radius 3 is 2.09 bits per heavy atom. The summed E-state index contributed by atoms with van der Waals surface area (Å²) in [4.78, 5) is 37.6. The number of amides is 2. The van der Waals surface area contributed by atoms with Gasteiger partial charge in [0, 0.05) is 10.7 Å². The lowest BCUT2D eigenvalue weighted by molar-refractivity contribution is -0.197. The van der Waals surface area contributed by atoms with E-state index in [0.29, 0.717) is 3.57 Å². The predicted octanol–water partition coefficient (Wildman–Crippen LogP) is 4.05. The highest BCUT2D eigenvalue weighted by atomic mass is 127. The third-order valence-corrected chi connectivity index (χ3v) is 8.22. The lowest BCUT2D eigenvalue weighted by Crippen LogP contribution is -2.40. The van der Waals surface area contributed by atoms with Crippen molar-refractivity contribution in [3.8, 4) is 0 Å². The van der Waals surface area contributed by atoms with E-state index in [1.54, 1.807) is 6.07 Å². The van der Waals surface area contributed by atoms with E-state index in [9.17, 15) is 36.0 Å². The molecule has 2 rings (SSSR count). The average molecular weight is 823 g/mol. The fourth-order valence-electron chi connectivity index (χ4n) is 2.40. The summed E-state index contributed by atoms with van der Waals surface area (Å²) in [6.07, 6.45) is -8.48. The Bertz CT molecular complexity index is 1220. The molecule has 178 valence electrons. The molecule has 0 fully saturated rings. The zero-order valence-corrected chi connectivity index (χ0v) is 23.1. The van der Waals surface area contributed by atoms with Crippen LogP contribution >= 0.6 is 67.8 Å². The minimum absolute atomic E-state index is 0.172. The summed E-state index contributed by atoms with van der Waals surface area (Å²) in [7, 11) is -5.14. The van der Waals surface area contributed by atoms with Crippen LogP contribution < -0.4 is 5.32 Å². The van der Waals surface area contributed by atoms with E-state index >= 15 is 0 Å². The first-order chi connectivity index (χ1) is 15.1. The van der Waals surface area contributed by atoms with Crippen LogP contribution in [0.5, 0.6) is 0 Å². The van der Waals surface area contributed by atoms with Crippen molar-refractivity contribution in [2.75, 3.05) is 5.75 Å². The van der Waals surface area contributed by atoms with Crippen LogP contribution in [0.4, 0.5) is 13.2 Å². The van der Waals surface area contributed by atoms with Crippen molar-refractivity contribution < 1.29 is 45.3 Å². The second kappa shape index (κ2) is 11.1. The van der Waals surface area contributed by atoms with Gasteiger partial charge in [0.05, 0.1) is 16.7 Å². The van der Waals surface area contributed by atoms with Gasteiger partial charge in [-0.15, -0.1) is 0 Å². The normalized spacial score (nSPS) is 12.7. The molecular weight excluding hydrogens is 812 g/mol. The monoisotopic (exact) mass is 823 g/mol. The van der Waals surface area contributed by atoms with E-state index in [2.05, 4.69) is 10.1 Å². The van der Waals surface area contributed by atoms with Gasteiger partial charge in [0.1, 0.15) is 5.75 Å². The van der Waals surface area contributed by atoms with Gasteiger partial charge in [0.2, 0.25) is 6.10 Å². The van der Waals surface area contributed by atoms with E-state index < -0.39 is 57.1 Å². The molecule has 0 saturated carbocycles. The quantitative estimate of drug-likeness (QED) is 0.148. The number of rotatable bonds is 6. The maximum Gasteiger partial charge on any atom is 0.426 e. The Morgan fingerprint density at radius 2 is 1.55 bits per heavy atom. The van der Waals surface area contributed by atoms with Crippen LogP contribution in [0, 0.1) is 10.7 Å². The second-order valence-corrected chi connectivity index (χ2v) is 11.2. The van der Waals surface area contributed by atoms with Gasteiger partial charge in [-0.2, -0.15) is 21.6 Å². The smallest absolute Gasteiger partial charge is 0.426 e. The number of halogens is 6. The highest BCUT2D eigenvalue weighted by Crippen LogP contribution is 2.26. The number of hydrogen-bond acceptors (Lipinski definition) is 6. The van der Waals surface area contributed by atoms with Crippen LogP contribution in [0.25, 0.3) is 0 Å². The average Bonchev–Trinajstić information content (AvgIpc) is 2.68. The van der Waals surface area contributed by atoms with Crippen LogP contribution in [-0.4, -0.2) is 48.8 Å². The number of nitrogens with one attached hydrogen (secondary N) is 1. The summed E-state index contributed by atoms with van der Waals surface area (Å²) in [6.45, 7) is 0. The van der Waals surface area contributed by atoms with E-state index in [0.717, 1.165) is 19.3 Å². The van der Waals surface area contributed by atoms with Crippen LogP contribution in [0.2, 0.25) is 0 Å². The Balaban J connectivity index is 2.31. The molecule has 33 heavy (non-hydrogen) atoms. The number of benzene rings is 2. The Kier molecular flexibility index (Phi) is 9.50. The molecule has 2 amide bonds. The molecule has 0 aliphatic rings. The third kappa shape index (κ3) is 7.99. The molecule has 0 heterocycles. The highest BCUT2D eigenvalue weighted by Gasteiger charge is 2.45. The summed E-state index contributed by atoms with van der Waals surface area (Å²) in [5.74, 6) is -5.48. The number of alkyl halides is 3.